The molecule has 7 heteroatoms. The first-order valence-electron chi connectivity index (χ1n) is 9.49. The minimum Gasteiger partial charge on any atom is -0.454 e. The largest absolute Gasteiger partial charge is 0.454 e. The molecule has 0 N–H and O–H groups in total. The van der Waals surface area contributed by atoms with Crippen molar-refractivity contribution < 1.29 is 23.7 Å². The Morgan fingerprint density at radius 2 is 1.83 bits per heavy atom. The van der Waals surface area contributed by atoms with E-state index >= 15 is 0 Å². The third kappa shape index (κ3) is 6.37. The smallest absolute Gasteiger partial charge is 0.410 e. The average Bonchev–Trinajstić information content (AvgIpc) is 3.10. The fourth-order valence-corrected chi connectivity index (χ4v) is 3.23. The van der Waals surface area contributed by atoms with Gasteiger partial charge >= 0.3 is 6.09 Å². The van der Waals surface area contributed by atoms with Crippen molar-refractivity contribution in [1.29, 1.82) is 0 Å². The highest BCUT2D eigenvalue weighted by Crippen LogP contribution is 2.37. The van der Waals surface area contributed by atoms with Gasteiger partial charge in [0, 0.05) is 11.0 Å². The number of carbonyl (C=O) groups excluding carboxylic acids is 1. The van der Waals surface area contributed by atoms with Crippen molar-refractivity contribution in [3.63, 3.8) is 0 Å². The lowest BCUT2D eigenvalue weighted by Gasteiger charge is -2.28. The predicted molar refractivity (Wildman–Crippen MR) is 113 cm³/mol. The summed E-state index contributed by atoms with van der Waals surface area (Å²) in [5, 5.41) is 0. The first-order chi connectivity index (χ1) is 13.8. The number of ether oxygens (including phenoxy) is 4. The van der Waals surface area contributed by atoms with Crippen molar-refractivity contribution in [2.24, 2.45) is 0 Å². The molecule has 0 unspecified atom stereocenters. The van der Waals surface area contributed by atoms with E-state index in [2.05, 4.69) is 15.9 Å². The van der Waals surface area contributed by atoms with Crippen molar-refractivity contribution in [2.75, 3.05) is 19.9 Å². The fraction of sp³-hybridized carbons (Fsp3) is 0.409. The highest BCUT2D eigenvalue weighted by atomic mass is 79.9. The standard InChI is InChI=1S/C22H26BrNO5/c1-22(2,3)29-21(25)24(9-10-26-14-16-7-5-4-6-8-16)13-17-11-19-20(12-18(17)23)28-15-27-19/h4-8,11-12H,9-10,13-15H2,1-3H3. The summed E-state index contributed by atoms with van der Waals surface area (Å²) in [6.07, 6.45) is -0.384. The molecule has 156 valence electrons. The van der Waals surface area contributed by atoms with Crippen molar-refractivity contribution in [3.8, 4) is 11.5 Å². The minimum absolute atomic E-state index is 0.203. The van der Waals surface area contributed by atoms with Gasteiger partial charge in [-0.1, -0.05) is 46.3 Å². The van der Waals surface area contributed by atoms with E-state index in [1.165, 1.54) is 0 Å². The molecule has 0 bridgehead atoms. The molecule has 1 aliphatic heterocycles. The second kappa shape index (κ2) is 9.50. The van der Waals surface area contributed by atoms with Crippen LogP contribution in [0.2, 0.25) is 0 Å². The molecule has 2 aromatic carbocycles. The van der Waals surface area contributed by atoms with Crippen LogP contribution in [0.1, 0.15) is 31.9 Å². The van der Waals surface area contributed by atoms with Gasteiger partial charge in [-0.2, -0.15) is 0 Å². The Morgan fingerprint density at radius 3 is 2.52 bits per heavy atom. The van der Waals surface area contributed by atoms with Crippen LogP contribution in [-0.4, -0.2) is 36.5 Å². The van der Waals surface area contributed by atoms with Crippen molar-refractivity contribution in [2.45, 2.75) is 39.5 Å². The Balaban J connectivity index is 1.65. The lowest BCUT2D eigenvalue weighted by Crippen LogP contribution is -2.38. The van der Waals surface area contributed by atoms with Crippen LogP contribution in [0.3, 0.4) is 0 Å². The van der Waals surface area contributed by atoms with Gasteiger partial charge in [0.1, 0.15) is 5.60 Å². The summed E-state index contributed by atoms with van der Waals surface area (Å²) in [6.45, 7) is 7.42. The third-order valence-corrected chi connectivity index (χ3v) is 4.91. The van der Waals surface area contributed by atoms with Crippen LogP contribution in [0.15, 0.2) is 46.9 Å². The SMILES string of the molecule is CC(C)(C)OC(=O)N(CCOCc1ccccc1)Cc1cc2c(cc1Br)OCO2. The van der Waals surface area contributed by atoms with Gasteiger partial charge in [-0.25, -0.2) is 4.79 Å². The van der Waals surface area contributed by atoms with Crippen LogP contribution < -0.4 is 9.47 Å². The van der Waals surface area contributed by atoms with Crippen LogP contribution in [0, 0.1) is 0 Å². The van der Waals surface area contributed by atoms with Crippen LogP contribution in [0.25, 0.3) is 0 Å². The molecule has 0 aromatic heterocycles. The Bertz CT molecular complexity index is 835. The maximum absolute atomic E-state index is 12.7. The first kappa shape index (κ1) is 21.5. The van der Waals surface area contributed by atoms with E-state index in [0.29, 0.717) is 37.8 Å². The van der Waals surface area contributed by atoms with Gasteiger partial charge in [0.05, 0.1) is 19.8 Å². The second-order valence-corrected chi connectivity index (χ2v) is 8.59. The van der Waals surface area contributed by atoms with E-state index in [4.69, 9.17) is 18.9 Å². The van der Waals surface area contributed by atoms with Gasteiger partial charge in [-0.15, -0.1) is 0 Å². The van der Waals surface area contributed by atoms with E-state index in [0.717, 1.165) is 15.6 Å². The third-order valence-electron chi connectivity index (χ3n) is 4.17. The summed E-state index contributed by atoms with van der Waals surface area (Å²) < 4.78 is 23.1. The summed E-state index contributed by atoms with van der Waals surface area (Å²) in [7, 11) is 0. The minimum atomic E-state index is -0.577. The topological polar surface area (TPSA) is 57.2 Å². The van der Waals surface area contributed by atoms with Gasteiger partial charge < -0.3 is 23.8 Å². The maximum atomic E-state index is 12.7. The van der Waals surface area contributed by atoms with E-state index in [-0.39, 0.29) is 12.9 Å². The molecule has 29 heavy (non-hydrogen) atoms. The molecule has 0 spiro atoms. The highest BCUT2D eigenvalue weighted by Gasteiger charge is 2.24. The molecule has 1 amide bonds. The van der Waals surface area contributed by atoms with Crippen LogP contribution in [0.4, 0.5) is 4.79 Å². The Morgan fingerprint density at radius 1 is 1.14 bits per heavy atom. The predicted octanol–water partition coefficient (Wildman–Crippen LogP) is 5.13. The average molecular weight is 464 g/mol. The van der Waals surface area contributed by atoms with Crippen LogP contribution >= 0.6 is 15.9 Å². The molecule has 1 aliphatic rings. The highest BCUT2D eigenvalue weighted by molar-refractivity contribution is 9.10. The zero-order chi connectivity index (χ0) is 20.9. The fourth-order valence-electron chi connectivity index (χ4n) is 2.79. The zero-order valence-electron chi connectivity index (χ0n) is 16.9. The number of hydrogen-bond acceptors (Lipinski definition) is 5. The Kier molecular flexibility index (Phi) is 7.03. The Hall–Kier alpha value is -2.25. The maximum Gasteiger partial charge on any atom is 0.410 e. The number of amides is 1. The molecular weight excluding hydrogens is 438 g/mol. The van der Waals surface area contributed by atoms with Gasteiger partial charge in [-0.3, -0.25) is 0 Å². The summed E-state index contributed by atoms with van der Waals surface area (Å²) in [5.74, 6) is 1.36. The van der Waals surface area contributed by atoms with Gasteiger partial charge in [0.15, 0.2) is 11.5 Å². The molecule has 6 nitrogen and oxygen atoms in total. The van der Waals surface area contributed by atoms with E-state index in [1.54, 1.807) is 4.90 Å². The number of fused-ring (bicyclic) bond motifs is 1. The Labute approximate surface area is 179 Å². The van der Waals surface area contributed by atoms with Crippen molar-refractivity contribution >= 4 is 22.0 Å². The summed E-state index contributed by atoms with van der Waals surface area (Å²) in [4.78, 5) is 14.4. The summed E-state index contributed by atoms with van der Waals surface area (Å²) in [5.41, 5.74) is 1.42. The van der Waals surface area contributed by atoms with Gasteiger partial charge in [-0.05, 0) is 44.0 Å². The monoisotopic (exact) mass is 463 g/mol. The molecule has 2 aromatic rings. The van der Waals surface area contributed by atoms with E-state index in [9.17, 15) is 4.79 Å². The molecule has 0 saturated heterocycles. The number of carbonyl (C=O) groups is 1. The number of hydrogen-bond donors (Lipinski definition) is 0. The zero-order valence-corrected chi connectivity index (χ0v) is 18.5. The number of halogens is 1. The molecule has 0 saturated carbocycles. The normalized spacial score (nSPS) is 12.7. The van der Waals surface area contributed by atoms with Crippen molar-refractivity contribution in [3.05, 3.63) is 58.1 Å². The van der Waals surface area contributed by atoms with Crippen LogP contribution in [0.5, 0.6) is 11.5 Å². The lowest BCUT2D eigenvalue weighted by atomic mass is 10.2. The molecule has 3 rings (SSSR count). The quantitative estimate of drug-likeness (QED) is 0.532. The van der Waals surface area contributed by atoms with Gasteiger partial charge in [0.2, 0.25) is 6.79 Å². The summed E-state index contributed by atoms with van der Waals surface area (Å²) in [6, 6.07) is 13.7. The molecule has 0 fully saturated rings. The first-order valence-corrected chi connectivity index (χ1v) is 10.3. The molecule has 0 atom stereocenters. The van der Waals surface area contributed by atoms with E-state index < -0.39 is 5.60 Å². The van der Waals surface area contributed by atoms with E-state index in [1.807, 2.05) is 63.2 Å². The number of rotatable bonds is 7. The number of benzene rings is 2. The lowest BCUT2D eigenvalue weighted by molar-refractivity contribution is 0.0145. The molecular formula is C22H26BrNO5. The second-order valence-electron chi connectivity index (χ2n) is 7.74. The number of nitrogens with zero attached hydrogens (tertiary/aromatic N) is 1. The molecule has 0 aliphatic carbocycles. The van der Waals surface area contributed by atoms with Gasteiger partial charge in [0.25, 0.3) is 0 Å². The molecule has 1 heterocycles. The summed E-state index contributed by atoms with van der Waals surface area (Å²) >= 11 is 3.56. The van der Waals surface area contributed by atoms with Crippen molar-refractivity contribution in [1.82, 2.24) is 4.90 Å². The van der Waals surface area contributed by atoms with Crippen LogP contribution in [-0.2, 0) is 22.6 Å². The molecule has 0 radical (unpaired) electrons.